The van der Waals surface area contributed by atoms with E-state index in [-0.39, 0.29) is 21.3 Å². The number of rotatable bonds is 4. The van der Waals surface area contributed by atoms with Crippen molar-refractivity contribution in [2.75, 3.05) is 18.8 Å². The van der Waals surface area contributed by atoms with Crippen molar-refractivity contribution in [3.05, 3.63) is 47.2 Å². The number of carbonyl (C=O) groups excluding carboxylic acids is 1. The summed E-state index contributed by atoms with van der Waals surface area (Å²) in [5, 5.41) is 7.02. The van der Waals surface area contributed by atoms with Crippen LogP contribution in [0.25, 0.3) is 10.9 Å². The fourth-order valence-corrected chi connectivity index (χ4v) is 3.78. The minimum Gasteiger partial charge on any atom is -0.345 e. The second kappa shape index (κ2) is 6.34. The van der Waals surface area contributed by atoms with E-state index in [1.165, 1.54) is 49.6 Å². The average Bonchev–Trinajstić information content (AvgIpc) is 3.06. The molecule has 3 aromatic rings. The smallest absolute Gasteiger partial charge is 0.280 e. The van der Waals surface area contributed by atoms with Crippen LogP contribution in [0.3, 0.4) is 0 Å². The molecule has 3 rings (SSSR count). The van der Waals surface area contributed by atoms with Crippen molar-refractivity contribution in [2.24, 2.45) is 0 Å². The van der Waals surface area contributed by atoms with Gasteiger partial charge < -0.3 is 4.90 Å². The van der Waals surface area contributed by atoms with Crippen LogP contribution in [0.1, 0.15) is 10.4 Å². The lowest BCUT2D eigenvalue weighted by molar-refractivity contribution is 0.0823. The third-order valence-corrected chi connectivity index (χ3v) is 5.20. The normalized spacial score (nSPS) is 11.5. The zero-order chi connectivity index (χ0) is 18.2. The Morgan fingerprint density at radius 3 is 2.76 bits per heavy atom. The van der Waals surface area contributed by atoms with Crippen molar-refractivity contribution in [2.45, 2.75) is 5.03 Å². The van der Waals surface area contributed by atoms with Crippen molar-refractivity contribution in [3.63, 3.8) is 0 Å². The molecule has 0 spiro atoms. The summed E-state index contributed by atoms with van der Waals surface area (Å²) in [5.74, 6) is -0.468. The predicted octanol–water partition coefficient (Wildman–Crippen LogP) is 2.11. The fraction of sp³-hybridized carbons (Fsp3) is 0.133. The van der Waals surface area contributed by atoms with Gasteiger partial charge in [-0.2, -0.15) is 13.5 Å². The van der Waals surface area contributed by atoms with Gasteiger partial charge in [-0.1, -0.05) is 11.6 Å². The lowest BCUT2D eigenvalue weighted by Crippen LogP contribution is -2.26. The van der Waals surface area contributed by atoms with Gasteiger partial charge in [0.25, 0.3) is 15.9 Å². The van der Waals surface area contributed by atoms with Crippen LogP contribution in [0.2, 0.25) is 5.02 Å². The quantitative estimate of drug-likeness (QED) is 0.721. The molecule has 0 saturated carbocycles. The van der Waals surface area contributed by atoms with E-state index in [9.17, 15) is 13.2 Å². The molecule has 0 bridgehead atoms. The average molecular weight is 380 g/mol. The van der Waals surface area contributed by atoms with E-state index in [4.69, 9.17) is 11.6 Å². The van der Waals surface area contributed by atoms with Gasteiger partial charge in [0.1, 0.15) is 0 Å². The predicted molar refractivity (Wildman–Crippen MR) is 94.2 cm³/mol. The van der Waals surface area contributed by atoms with E-state index in [1.807, 2.05) is 0 Å². The number of aromatic amines is 1. The molecule has 2 N–H and O–H groups in total. The first-order chi connectivity index (χ1) is 11.8. The maximum atomic E-state index is 12.7. The second-order valence-electron chi connectivity index (χ2n) is 5.42. The molecule has 10 heteroatoms. The first-order valence-corrected chi connectivity index (χ1v) is 8.98. The number of pyridine rings is 1. The Morgan fingerprint density at radius 1 is 1.28 bits per heavy atom. The van der Waals surface area contributed by atoms with Crippen LogP contribution < -0.4 is 4.72 Å². The van der Waals surface area contributed by atoms with Crippen molar-refractivity contribution in [1.29, 1.82) is 0 Å². The van der Waals surface area contributed by atoms with Gasteiger partial charge in [-0.15, -0.1) is 0 Å². The Labute approximate surface area is 148 Å². The van der Waals surface area contributed by atoms with E-state index in [2.05, 4.69) is 19.9 Å². The number of nitrogens with one attached hydrogen (secondary N) is 2. The molecular weight excluding hydrogens is 366 g/mol. The zero-order valence-electron chi connectivity index (χ0n) is 13.3. The third kappa shape index (κ3) is 3.15. The molecule has 0 aliphatic carbocycles. The SMILES string of the molecule is CN(C)C(=O)c1cccnc1S(=O)(=O)Nc1ccc2[nH]ncc2c1Cl. The molecule has 2 aromatic heterocycles. The lowest BCUT2D eigenvalue weighted by atomic mass is 10.2. The number of fused-ring (bicyclic) bond motifs is 1. The number of halogens is 1. The van der Waals surface area contributed by atoms with Gasteiger partial charge in [0, 0.05) is 25.7 Å². The molecule has 25 heavy (non-hydrogen) atoms. The number of amides is 1. The molecule has 1 amide bonds. The topological polar surface area (TPSA) is 108 Å². The molecule has 8 nitrogen and oxygen atoms in total. The highest BCUT2D eigenvalue weighted by atomic mass is 35.5. The summed E-state index contributed by atoms with van der Waals surface area (Å²) in [4.78, 5) is 17.4. The Morgan fingerprint density at radius 2 is 2.04 bits per heavy atom. The van der Waals surface area contributed by atoms with Crippen LogP contribution in [0.4, 0.5) is 5.69 Å². The summed E-state index contributed by atoms with van der Waals surface area (Å²) in [6, 6.07) is 6.07. The Balaban J connectivity index is 2.05. The number of anilines is 1. The highest BCUT2D eigenvalue weighted by molar-refractivity contribution is 7.92. The summed E-state index contributed by atoms with van der Waals surface area (Å²) in [7, 11) is -1.06. The van der Waals surface area contributed by atoms with E-state index in [0.29, 0.717) is 10.9 Å². The number of hydrogen-bond acceptors (Lipinski definition) is 5. The van der Waals surface area contributed by atoms with E-state index < -0.39 is 15.9 Å². The molecule has 0 unspecified atom stereocenters. The van der Waals surface area contributed by atoms with Gasteiger partial charge >= 0.3 is 0 Å². The third-order valence-electron chi connectivity index (χ3n) is 3.47. The Hall–Kier alpha value is -2.65. The summed E-state index contributed by atoms with van der Waals surface area (Å²) in [6.07, 6.45) is 2.80. The van der Waals surface area contributed by atoms with Gasteiger partial charge in [0.15, 0.2) is 5.03 Å². The van der Waals surface area contributed by atoms with E-state index >= 15 is 0 Å². The monoisotopic (exact) mass is 379 g/mol. The zero-order valence-corrected chi connectivity index (χ0v) is 14.9. The van der Waals surface area contributed by atoms with Crippen LogP contribution >= 0.6 is 11.6 Å². The molecular formula is C15H14ClN5O3S. The van der Waals surface area contributed by atoms with Crippen LogP contribution in [-0.2, 0) is 10.0 Å². The first-order valence-electron chi connectivity index (χ1n) is 7.12. The Bertz CT molecular complexity index is 1060. The molecule has 0 saturated heterocycles. The van der Waals surface area contributed by atoms with Gasteiger partial charge in [0.05, 0.1) is 28.0 Å². The Kier molecular flexibility index (Phi) is 4.36. The van der Waals surface area contributed by atoms with Crippen molar-refractivity contribution >= 4 is 44.1 Å². The molecule has 0 atom stereocenters. The number of carbonyl (C=O) groups is 1. The van der Waals surface area contributed by atoms with Gasteiger partial charge in [-0.25, -0.2) is 4.98 Å². The van der Waals surface area contributed by atoms with Gasteiger partial charge in [-0.3, -0.25) is 14.6 Å². The minimum absolute atomic E-state index is 0.0273. The molecule has 0 radical (unpaired) electrons. The van der Waals surface area contributed by atoms with Gasteiger partial charge in [0.2, 0.25) is 0 Å². The van der Waals surface area contributed by atoms with Crippen molar-refractivity contribution in [1.82, 2.24) is 20.1 Å². The molecule has 130 valence electrons. The van der Waals surface area contributed by atoms with Crippen LogP contribution in [0.15, 0.2) is 41.7 Å². The maximum absolute atomic E-state index is 12.7. The number of aromatic nitrogens is 3. The van der Waals surface area contributed by atoms with Crippen LogP contribution in [0.5, 0.6) is 0 Å². The number of hydrogen-bond donors (Lipinski definition) is 2. The van der Waals surface area contributed by atoms with E-state index in [1.54, 1.807) is 6.07 Å². The molecule has 0 fully saturated rings. The lowest BCUT2D eigenvalue weighted by Gasteiger charge is -2.15. The molecule has 0 aliphatic rings. The summed E-state index contributed by atoms with van der Waals surface area (Å²) in [6.45, 7) is 0. The van der Waals surface area contributed by atoms with Gasteiger partial charge in [-0.05, 0) is 24.3 Å². The summed E-state index contributed by atoms with van der Waals surface area (Å²) >= 11 is 6.25. The number of nitrogens with zero attached hydrogens (tertiary/aromatic N) is 3. The molecule has 1 aromatic carbocycles. The number of benzene rings is 1. The minimum atomic E-state index is -4.12. The highest BCUT2D eigenvalue weighted by Crippen LogP contribution is 2.31. The summed E-state index contributed by atoms with van der Waals surface area (Å²) in [5.41, 5.74) is 0.819. The van der Waals surface area contributed by atoms with Crippen LogP contribution in [0, 0.1) is 0 Å². The molecule has 0 aliphatic heterocycles. The van der Waals surface area contributed by atoms with Crippen molar-refractivity contribution in [3.8, 4) is 0 Å². The number of sulfonamides is 1. The van der Waals surface area contributed by atoms with Crippen LogP contribution in [-0.4, -0.2) is 48.5 Å². The first kappa shape index (κ1) is 17.2. The highest BCUT2D eigenvalue weighted by Gasteiger charge is 2.26. The molecule has 2 heterocycles. The standard InChI is InChI=1S/C15H14ClN5O3S/c1-21(2)15(22)9-4-3-7-17-14(9)25(23,24)20-12-6-5-11-10(13(12)16)8-18-19-11/h3-8,20H,1-2H3,(H,18,19). The maximum Gasteiger partial charge on any atom is 0.280 e. The van der Waals surface area contributed by atoms with Crippen molar-refractivity contribution < 1.29 is 13.2 Å². The van der Waals surface area contributed by atoms with E-state index in [0.717, 1.165) is 0 Å². The summed E-state index contributed by atoms with van der Waals surface area (Å²) < 4.78 is 27.9. The second-order valence-corrected chi connectivity index (χ2v) is 7.40. The largest absolute Gasteiger partial charge is 0.345 e. The fourth-order valence-electron chi connectivity index (χ4n) is 2.26. The number of H-pyrrole nitrogens is 1.